The first kappa shape index (κ1) is 25.4. The number of rotatable bonds is 8. The third-order valence-electron chi connectivity index (χ3n) is 6.70. The number of pyridine rings is 1. The maximum atomic E-state index is 15.7. The lowest BCUT2D eigenvalue weighted by Crippen LogP contribution is -2.41. The molecule has 2 aromatic heterocycles. The first-order chi connectivity index (χ1) is 16.9. The summed E-state index contributed by atoms with van der Waals surface area (Å²) in [5.74, 6) is 5.94. The van der Waals surface area contributed by atoms with E-state index in [2.05, 4.69) is 26.7 Å². The van der Waals surface area contributed by atoms with E-state index in [0.717, 1.165) is 18.8 Å². The van der Waals surface area contributed by atoms with E-state index >= 15 is 4.39 Å². The first-order valence-electron chi connectivity index (χ1n) is 11.5. The van der Waals surface area contributed by atoms with Gasteiger partial charge >= 0.3 is 5.97 Å². The van der Waals surface area contributed by atoms with E-state index in [-0.39, 0.29) is 17.9 Å². The Morgan fingerprint density at radius 3 is 2.86 bits per heavy atom. The van der Waals surface area contributed by atoms with E-state index in [9.17, 15) is 9.90 Å². The average Bonchev–Trinajstić information content (AvgIpc) is 3.36. The summed E-state index contributed by atoms with van der Waals surface area (Å²) in [4.78, 5) is 22.4. The normalized spacial score (nSPS) is 16.4. The van der Waals surface area contributed by atoms with Crippen LogP contribution in [0, 0.1) is 17.3 Å². The third-order valence-corrected chi connectivity index (χ3v) is 7.59. The van der Waals surface area contributed by atoms with Crippen molar-refractivity contribution in [2.75, 3.05) is 26.7 Å². The maximum Gasteiger partial charge on any atom is 0.303 e. The van der Waals surface area contributed by atoms with Gasteiger partial charge in [0.2, 0.25) is 0 Å². The zero-order chi connectivity index (χ0) is 24.8. The molecule has 1 atom stereocenters. The summed E-state index contributed by atoms with van der Waals surface area (Å²) in [5.41, 5.74) is 3.08. The molecule has 3 aromatic rings. The number of benzene rings is 1. The van der Waals surface area contributed by atoms with Crippen LogP contribution in [0.2, 0.25) is 5.02 Å². The van der Waals surface area contributed by atoms with Crippen LogP contribution >= 0.6 is 22.9 Å². The van der Waals surface area contributed by atoms with Crippen molar-refractivity contribution in [3.63, 3.8) is 0 Å². The number of ether oxygens (including phenoxy) is 1. The molecule has 0 aliphatic carbocycles. The fraction of sp³-hybridized carbons (Fsp3) is 0.423. The smallest absolute Gasteiger partial charge is 0.303 e. The molecular formula is C26H27ClFN3O3S. The predicted molar refractivity (Wildman–Crippen MR) is 136 cm³/mol. The topological polar surface area (TPSA) is 75.6 Å². The van der Waals surface area contributed by atoms with Crippen LogP contribution < -0.4 is 4.74 Å². The van der Waals surface area contributed by atoms with Crippen molar-refractivity contribution in [3.8, 4) is 17.6 Å². The van der Waals surface area contributed by atoms with E-state index in [1.54, 1.807) is 30.8 Å². The van der Waals surface area contributed by atoms with Crippen molar-refractivity contribution < 1.29 is 19.0 Å². The molecule has 184 valence electrons. The Morgan fingerprint density at radius 2 is 2.17 bits per heavy atom. The first-order valence-corrected chi connectivity index (χ1v) is 12.8. The molecule has 1 aliphatic rings. The number of halogens is 2. The van der Waals surface area contributed by atoms with Crippen LogP contribution in [-0.4, -0.2) is 52.7 Å². The minimum atomic E-state index is -1.34. The highest BCUT2D eigenvalue weighted by atomic mass is 35.5. The van der Waals surface area contributed by atoms with Gasteiger partial charge in [0.1, 0.15) is 17.6 Å². The molecule has 1 aliphatic heterocycles. The SMILES string of the molecule is COc1ccc2ncc(Cl)c(C(F)CCC3(CC(=O)O)CCN(CC#Cc4cscn4)CC3)c2c1. The number of aliphatic carboxylic acids is 1. The number of nitrogens with zero attached hydrogens (tertiary/aromatic N) is 3. The summed E-state index contributed by atoms with van der Waals surface area (Å²) in [7, 11) is 1.55. The van der Waals surface area contributed by atoms with Gasteiger partial charge < -0.3 is 9.84 Å². The molecule has 1 N–H and O–H groups in total. The number of hydrogen-bond acceptors (Lipinski definition) is 6. The predicted octanol–water partition coefficient (Wildman–Crippen LogP) is 5.75. The highest BCUT2D eigenvalue weighted by molar-refractivity contribution is 7.07. The monoisotopic (exact) mass is 515 g/mol. The molecule has 9 heteroatoms. The Balaban J connectivity index is 1.44. The van der Waals surface area contributed by atoms with E-state index < -0.39 is 17.6 Å². The number of fused-ring (bicyclic) bond motifs is 1. The molecule has 3 heterocycles. The zero-order valence-corrected chi connectivity index (χ0v) is 21.0. The molecule has 4 rings (SSSR count). The second-order valence-corrected chi connectivity index (χ2v) is 10.1. The minimum absolute atomic E-state index is 0.0245. The van der Waals surface area contributed by atoms with Crippen molar-refractivity contribution in [2.24, 2.45) is 5.41 Å². The number of alkyl halides is 1. The molecule has 6 nitrogen and oxygen atoms in total. The minimum Gasteiger partial charge on any atom is -0.497 e. The van der Waals surface area contributed by atoms with Gasteiger partial charge in [-0.3, -0.25) is 14.7 Å². The van der Waals surface area contributed by atoms with Crippen LogP contribution in [0.4, 0.5) is 4.39 Å². The second kappa shape index (κ2) is 11.3. The molecule has 1 fully saturated rings. The van der Waals surface area contributed by atoms with Crippen molar-refractivity contribution >= 4 is 39.8 Å². The van der Waals surface area contributed by atoms with Gasteiger partial charge in [-0.05, 0) is 68.3 Å². The van der Waals surface area contributed by atoms with Crippen molar-refractivity contribution in [2.45, 2.75) is 38.3 Å². The van der Waals surface area contributed by atoms with Crippen LogP contribution in [0.25, 0.3) is 10.9 Å². The molecule has 0 saturated carbocycles. The van der Waals surface area contributed by atoms with Gasteiger partial charge in [0, 0.05) is 22.5 Å². The van der Waals surface area contributed by atoms with Crippen molar-refractivity contribution in [1.29, 1.82) is 0 Å². The number of aromatic nitrogens is 2. The highest BCUT2D eigenvalue weighted by Gasteiger charge is 2.37. The van der Waals surface area contributed by atoms with Crippen molar-refractivity contribution in [3.05, 3.63) is 51.6 Å². The molecule has 0 bridgehead atoms. The molecule has 1 saturated heterocycles. The number of hydrogen-bond donors (Lipinski definition) is 1. The number of piperidine rings is 1. The van der Waals surface area contributed by atoms with Gasteiger partial charge in [0.05, 0.1) is 36.1 Å². The van der Waals surface area contributed by atoms with Crippen molar-refractivity contribution in [1.82, 2.24) is 14.9 Å². The lowest BCUT2D eigenvalue weighted by molar-refractivity contribution is -0.141. The number of thiazole rings is 1. The largest absolute Gasteiger partial charge is 0.497 e. The average molecular weight is 516 g/mol. The van der Waals surface area contributed by atoms with E-state index in [4.69, 9.17) is 16.3 Å². The summed E-state index contributed by atoms with van der Waals surface area (Å²) in [6.07, 6.45) is 2.17. The zero-order valence-electron chi connectivity index (χ0n) is 19.5. The molecule has 1 aromatic carbocycles. The molecule has 0 radical (unpaired) electrons. The van der Waals surface area contributed by atoms with Gasteiger partial charge in [0.25, 0.3) is 0 Å². The Labute approximate surface area is 213 Å². The summed E-state index contributed by atoms with van der Waals surface area (Å²) in [5, 5.41) is 12.4. The standard InChI is InChI=1S/C26H27ClFN3O3S/c1-34-19-4-5-23-20(13-19)25(21(27)15-29-23)22(28)6-7-26(14-24(32)33)8-11-31(12-9-26)10-2-3-18-16-35-17-30-18/h4-5,13,15-17,22H,6-12,14H2,1H3,(H,32,33). The number of carboxylic acids is 1. The number of carbonyl (C=O) groups is 1. The summed E-state index contributed by atoms with van der Waals surface area (Å²) >= 11 is 7.89. The Morgan fingerprint density at radius 1 is 1.37 bits per heavy atom. The van der Waals surface area contributed by atoms with E-state index in [1.165, 1.54) is 17.5 Å². The van der Waals surface area contributed by atoms with Crippen LogP contribution in [0.1, 0.15) is 49.5 Å². The molecule has 0 amide bonds. The molecule has 0 spiro atoms. The summed E-state index contributed by atoms with van der Waals surface area (Å²) in [6.45, 7) is 2.06. The van der Waals surface area contributed by atoms with E-state index in [0.29, 0.717) is 48.0 Å². The van der Waals surface area contributed by atoms with Gasteiger partial charge in [-0.25, -0.2) is 9.37 Å². The van der Waals surface area contributed by atoms with Gasteiger partial charge in [-0.1, -0.05) is 17.5 Å². The fourth-order valence-electron chi connectivity index (χ4n) is 4.73. The molecule has 1 unspecified atom stereocenters. The highest BCUT2D eigenvalue weighted by Crippen LogP contribution is 2.44. The lowest BCUT2D eigenvalue weighted by Gasteiger charge is -2.41. The second-order valence-electron chi connectivity index (χ2n) is 8.93. The van der Waals surface area contributed by atoms with Crippen LogP contribution in [0.15, 0.2) is 35.3 Å². The summed E-state index contributed by atoms with van der Waals surface area (Å²) < 4.78 is 21.0. The fourth-order valence-corrected chi connectivity index (χ4v) is 5.48. The van der Waals surface area contributed by atoms with E-state index in [1.807, 2.05) is 5.38 Å². The molecule has 35 heavy (non-hydrogen) atoms. The van der Waals surface area contributed by atoms with Crippen LogP contribution in [0.5, 0.6) is 5.75 Å². The lowest BCUT2D eigenvalue weighted by atomic mass is 9.71. The number of methoxy groups -OCH3 is 1. The summed E-state index contributed by atoms with van der Waals surface area (Å²) in [6, 6.07) is 5.30. The Kier molecular flexibility index (Phi) is 8.22. The molecular weight excluding hydrogens is 489 g/mol. The third kappa shape index (κ3) is 6.29. The van der Waals surface area contributed by atoms with Gasteiger partial charge in [-0.2, -0.15) is 0 Å². The Hall–Kier alpha value is -2.73. The van der Waals surface area contributed by atoms with Crippen LogP contribution in [-0.2, 0) is 4.79 Å². The maximum absolute atomic E-state index is 15.7. The van der Waals surface area contributed by atoms with Crippen LogP contribution in [0.3, 0.4) is 0 Å². The number of carboxylic acid groups (broad SMARTS) is 1. The quantitative estimate of drug-likeness (QED) is 0.385. The number of likely N-dealkylation sites (tertiary alicyclic amines) is 1. The van der Waals surface area contributed by atoms with Gasteiger partial charge in [0.15, 0.2) is 0 Å². The Bertz CT molecular complexity index is 1230. The van der Waals surface area contributed by atoms with Gasteiger partial charge in [-0.15, -0.1) is 11.3 Å².